The Kier molecular flexibility index (Phi) is 4.89. The van der Waals surface area contributed by atoms with Crippen molar-refractivity contribution in [2.24, 2.45) is 13.0 Å². The normalized spacial score (nSPS) is 16.2. The summed E-state index contributed by atoms with van der Waals surface area (Å²) < 4.78 is 2.92. The molecule has 0 saturated carbocycles. The number of thiazole rings is 1. The van der Waals surface area contributed by atoms with Crippen LogP contribution in [0.5, 0.6) is 0 Å². The number of nitrogens with zero attached hydrogens (tertiary/aromatic N) is 4. The third kappa shape index (κ3) is 3.52. The molecule has 3 heterocycles. The molecule has 0 radical (unpaired) electrons. The highest BCUT2D eigenvalue weighted by Crippen LogP contribution is 2.27. The fourth-order valence-electron chi connectivity index (χ4n) is 3.46. The van der Waals surface area contributed by atoms with Crippen LogP contribution in [0.3, 0.4) is 0 Å². The number of benzene rings is 1. The summed E-state index contributed by atoms with van der Waals surface area (Å²) in [5.74, 6) is 0.880. The zero-order chi connectivity index (χ0) is 19.8. The van der Waals surface area contributed by atoms with E-state index in [-0.39, 0.29) is 17.5 Å². The molecule has 3 aromatic rings. The van der Waals surface area contributed by atoms with Gasteiger partial charge in [-0.2, -0.15) is 5.10 Å². The molecule has 1 unspecified atom stereocenters. The molecular weight excluding hydrogens is 374 g/mol. The van der Waals surface area contributed by atoms with E-state index >= 15 is 0 Å². The second kappa shape index (κ2) is 7.35. The minimum Gasteiger partial charge on any atom is -0.302 e. The molecule has 1 N–H and O–H groups in total. The Labute approximate surface area is 167 Å². The lowest BCUT2D eigenvalue weighted by Crippen LogP contribution is -2.35. The number of fused-ring (bicyclic) bond motifs is 1. The lowest BCUT2D eigenvalue weighted by atomic mass is 9.99. The fraction of sp³-hybridized carbons (Fsp3) is 0.400. The molecular formula is C20H23N5O2S. The number of carbonyl (C=O) groups is 1. The van der Waals surface area contributed by atoms with Crippen molar-refractivity contribution < 1.29 is 4.79 Å². The third-order valence-electron chi connectivity index (χ3n) is 5.18. The van der Waals surface area contributed by atoms with E-state index in [1.54, 1.807) is 11.6 Å². The van der Waals surface area contributed by atoms with E-state index in [4.69, 9.17) is 0 Å². The summed E-state index contributed by atoms with van der Waals surface area (Å²) in [6.07, 6.45) is 1.30. The van der Waals surface area contributed by atoms with Gasteiger partial charge >= 0.3 is 5.69 Å². The second-order valence-corrected chi connectivity index (χ2v) is 8.33. The smallest absolute Gasteiger partial charge is 0.302 e. The van der Waals surface area contributed by atoms with Crippen LogP contribution < -0.4 is 11.0 Å². The van der Waals surface area contributed by atoms with Crippen LogP contribution in [-0.2, 0) is 24.8 Å². The van der Waals surface area contributed by atoms with Crippen molar-refractivity contribution in [1.29, 1.82) is 0 Å². The van der Waals surface area contributed by atoms with E-state index in [1.165, 1.54) is 21.6 Å². The summed E-state index contributed by atoms with van der Waals surface area (Å²) >= 11 is 1.41. The van der Waals surface area contributed by atoms with E-state index in [2.05, 4.69) is 53.5 Å². The molecule has 0 spiro atoms. The Morgan fingerprint density at radius 1 is 1.29 bits per heavy atom. The maximum atomic E-state index is 12.7. The zero-order valence-corrected chi connectivity index (χ0v) is 17.0. The summed E-state index contributed by atoms with van der Waals surface area (Å²) in [6.45, 7) is 4.70. The molecule has 8 heteroatoms. The van der Waals surface area contributed by atoms with Crippen molar-refractivity contribution in [3.8, 4) is 11.3 Å². The number of hydrogen-bond donors (Lipinski definition) is 1. The predicted octanol–water partition coefficient (Wildman–Crippen LogP) is 3.03. The molecule has 0 fully saturated rings. The van der Waals surface area contributed by atoms with Crippen molar-refractivity contribution in [2.45, 2.75) is 39.2 Å². The van der Waals surface area contributed by atoms with Crippen molar-refractivity contribution in [3.63, 3.8) is 0 Å². The number of carbonyl (C=O) groups excluding carboxylic acids is 1. The van der Waals surface area contributed by atoms with E-state index in [1.807, 2.05) is 5.38 Å². The molecule has 1 aliphatic rings. The van der Waals surface area contributed by atoms with E-state index in [9.17, 15) is 9.59 Å². The van der Waals surface area contributed by atoms with Gasteiger partial charge in [-0.15, -0.1) is 11.3 Å². The summed E-state index contributed by atoms with van der Waals surface area (Å²) in [6, 6.07) is 8.35. The first-order chi connectivity index (χ1) is 13.4. The molecule has 146 valence electrons. The first-order valence-electron chi connectivity index (χ1n) is 9.42. The number of aromatic nitrogens is 4. The van der Waals surface area contributed by atoms with E-state index in [0.29, 0.717) is 30.4 Å². The third-order valence-corrected chi connectivity index (χ3v) is 5.94. The summed E-state index contributed by atoms with van der Waals surface area (Å²) in [5.41, 5.74) is 3.00. The molecule has 1 amide bonds. The number of anilines is 1. The minimum atomic E-state index is -0.257. The molecule has 1 atom stereocenters. The molecule has 2 aromatic heterocycles. The first-order valence-corrected chi connectivity index (χ1v) is 10.3. The standard InChI is InChI=1S/C20H23N5O2S/c1-12(2)13-4-6-14(7-5-13)16-11-28-19(21-16)22-18(26)15-8-9-17-23-24(3)20(27)25(17)10-15/h4-7,11-12,15H,8-10H2,1-3H3,(H,21,22,26). The number of hydrogen-bond acceptors (Lipinski definition) is 5. The van der Waals surface area contributed by atoms with Crippen molar-refractivity contribution in [1.82, 2.24) is 19.3 Å². The molecule has 28 heavy (non-hydrogen) atoms. The van der Waals surface area contributed by atoms with Crippen LogP contribution in [0.15, 0.2) is 34.4 Å². The summed E-state index contributed by atoms with van der Waals surface area (Å²) in [5, 5.41) is 9.65. The van der Waals surface area contributed by atoms with Crippen LogP contribution in [0.4, 0.5) is 5.13 Å². The highest BCUT2D eigenvalue weighted by molar-refractivity contribution is 7.14. The average molecular weight is 398 g/mol. The number of nitrogens with one attached hydrogen (secondary N) is 1. The highest BCUT2D eigenvalue weighted by Gasteiger charge is 2.28. The van der Waals surface area contributed by atoms with Gasteiger partial charge in [0, 0.05) is 31.0 Å². The molecule has 1 aromatic carbocycles. The molecule has 7 nitrogen and oxygen atoms in total. The van der Waals surface area contributed by atoms with Crippen LogP contribution in [0.2, 0.25) is 0 Å². The molecule has 0 saturated heterocycles. The molecule has 1 aliphatic heterocycles. The Balaban J connectivity index is 1.44. The van der Waals surface area contributed by atoms with Crippen LogP contribution in [0, 0.1) is 5.92 Å². The van der Waals surface area contributed by atoms with Gasteiger partial charge in [-0.05, 0) is 17.9 Å². The van der Waals surface area contributed by atoms with Gasteiger partial charge in [-0.25, -0.2) is 14.5 Å². The Morgan fingerprint density at radius 2 is 2.04 bits per heavy atom. The fourth-order valence-corrected chi connectivity index (χ4v) is 4.19. The number of rotatable bonds is 4. The highest BCUT2D eigenvalue weighted by atomic mass is 32.1. The van der Waals surface area contributed by atoms with E-state index < -0.39 is 0 Å². The first kappa shape index (κ1) is 18.6. The summed E-state index contributed by atoms with van der Waals surface area (Å²) in [7, 11) is 1.63. The van der Waals surface area contributed by atoms with Gasteiger partial charge in [0.2, 0.25) is 5.91 Å². The Bertz CT molecular complexity index is 1060. The van der Waals surface area contributed by atoms with Gasteiger partial charge in [0.15, 0.2) is 5.13 Å². The van der Waals surface area contributed by atoms with Crippen LogP contribution in [0.25, 0.3) is 11.3 Å². The van der Waals surface area contributed by atoms with Crippen LogP contribution >= 0.6 is 11.3 Å². The van der Waals surface area contributed by atoms with Crippen molar-refractivity contribution in [2.75, 3.05) is 5.32 Å². The lowest BCUT2D eigenvalue weighted by Gasteiger charge is -2.21. The number of amides is 1. The van der Waals surface area contributed by atoms with Crippen molar-refractivity contribution >= 4 is 22.4 Å². The maximum Gasteiger partial charge on any atom is 0.345 e. The zero-order valence-electron chi connectivity index (χ0n) is 16.2. The number of aryl methyl sites for hydroxylation is 2. The van der Waals surface area contributed by atoms with Gasteiger partial charge < -0.3 is 5.32 Å². The lowest BCUT2D eigenvalue weighted by molar-refractivity contribution is -0.120. The topological polar surface area (TPSA) is 81.8 Å². The quantitative estimate of drug-likeness (QED) is 0.734. The van der Waals surface area contributed by atoms with Gasteiger partial charge in [0.1, 0.15) is 5.82 Å². The molecule has 4 rings (SSSR count). The van der Waals surface area contributed by atoms with Crippen LogP contribution in [0.1, 0.15) is 37.6 Å². The van der Waals surface area contributed by atoms with Gasteiger partial charge in [0.25, 0.3) is 0 Å². The maximum absolute atomic E-state index is 12.7. The van der Waals surface area contributed by atoms with Gasteiger partial charge in [0.05, 0.1) is 11.6 Å². The van der Waals surface area contributed by atoms with E-state index in [0.717, 1.165) is 17.1 Å². The van der Waals surface area contributed by atoms with Gasteiger partial charge in [-0.1, -0.05) is 38.1 Å². The van der Waals surface area contributed by atoms with Crippen LogP contribution in [-0.4, -0.2) is 25.2 Å². The molecule has 0 bridgehead atoms. The Hall–Kier alpha value is -2.74. The largest absolute Gasteiger partial charge is 0.345 e. The van der Waals surface area contributed by atoms with Crippen molar-refractivity contribution in [3.05, 3.63) is 51.5 Å². The molecule has 0 aliphatic carbocycles. The minimum absolute atomic E-state index is 0.0996. The Morgan fingerprint density at radius 3 is 2.75 bits per heavy atom. The predicted molar refractivity (Wildman–Crippen MR) is 110 cm³/mol. The average Bonchev–Trinajstić information content (AvgIpc) is 3.26. The van der Waals surface area contributed by atoms with Gasteiger partial charge in [-0.3, -0.25) is 9.36 Å². The SMILES string of the molecule is CC(C)c1ccc(-c2csc(NC(=O)C3CCc4nn(C)c(=O)n4C3)n2)cc1. The monoisotopic (exact) mass is 397 g/mol. The second-order valence-electron chi connectivity index (χ2n) is 7.47. The summed E-state index contributed by atoms with van der Waals surface area (Å²) in [4.78, 5) is 29.3.